The summed E-state index contributed by atoms with van der Waals surface area (Å²) in [6, 6.07) is 15.5. The minimum absolute atomic E-state index is 0.596. The van der Waals surface area contributed by atoms with Gasteiger partial charge in [-0.15, -0.1) is 0 Å². The molecule has 0 unspecified atom stereocenters. The molecule has 80 valence electrons. The molecule has 2 aromatic rings. The Labute approximate surface area is 99.7 Å². The van der Waals surface area contributed by atoms with Gasteiger partial charge in [0, 0.05) is 10.6 Å². The Kier molecular flexibility index (Phi) is 3.37. The first-order chi connectivity index (χ1) is 7.79. The molecule has 2 heteroatoms. The molecule has 0 heterocycles. The van der Waals surface area contributed by atoms with Crippen LogP contribution < -0.4 is 0 Å². The van der Waals surface area contributed by atoms with Crippen LogP contribution in [0.25, 0.3) is 0 Å². The first kappa shape index (κ1) is 10.9. The van der Waals surface area contributed by atoms with Crippen LogP contribution in [0, 0.1) is 0 Å². The zero-order chi connectivity index (χ0) is 11.4. The summed E-state index contributed by atoms with van der Waals surface area (Å²) < 4.78 is 0. The van der Waals surface area contributed by atoms with E-state index in [2.05, 4.69) is 0 Å². The highest BCUT2D eigenvalue weighted by Crippen LogP contribution is 2.17. The number of hydrogen-bond donors (Lipinski definition) is 0. The van der Waals surface area contributed by atoms with Crippen molar-refractivity contribution in [2.45, 2.75) is 6.42 Å². The summed E-state index contributed by atoms with van der Waals surface area (Å²) in [5.74, 6) is 0. The number of rotatable bonds is 3. The van der Waals surface area contributed by atoms with E-state index in [0.29, 0.717) is 10.6 Å². The molecule has 0 spiro atoms. The van der Waals surface area contributed by atoms with Crippen LogP contribution in [-0.2, 0) is 6.42 Å². The van der Waals surface area contributed by atoms with E-state index in [4.69, 9.17) is 11.6 Å². The Morgan fingerprint density at radius 2 is 1.81 bits per heavy atom. The van der Waals surface area contributed by atoms with Gasteiger partial charge in [0.25, 0.3) is 0 Å². The van der Waals surface area contributed by atoms with Gasteiger partial charge < -0.3 is 0 Å². The third-order valence-electron chi connectivity index (χ3n) is 2.47. The van der Waals surface area contributed by atoms with Crippen LogP contribution in [0.15, 0.2) is 48.5 Å². The smallest absolute Gasteiger partial charge is 0.150 e. The van der Waals surface area contributed by atoms with Gasteiger partial charge in [-0.3, -0.25) is 4.79 Å². The molecule has 0 atom stereocenters. The second kappa shape index (κ2) is 4.95. The van der Waals surface area contributed by atoms with Crippen molar-refractivity contribution in [2.24, 2.45) is 0 Å². The highest BCUT2D eigenvalue weighted by molar-refractivity contribution is 6.30. The molecule has 0 saturated heterocycles. The van der Waals surface area contributed by atoms with Gasteiger partial charge in [0.15, 0.2) is 0 Å². The van der Waals surface area contributed by atoms with Gasteiger partial charge in [0.05, 0.1) is 0 Å². The normalized spacial score (nSPS) is 10.1. The highest BCUT2D eigenvalue weighted by Gasteiger charge is 2.03. The van der Waals surface area contributed by atoms with Crippen LogP contribution in [0.5, 0.6) is 0 Å². The van der Waals surface area contributed by atoms with Crippen molar-refractivity contribution in [2.75, 3.05) is 0 Å². The average Bonchev–Trinajstić information content (AvgIpc) is 2.33. The van der Waals surface area contributed by atoms with Crippen molar-refractivity contribution in [1.82, 2.24) is 0 Å². The van der Waals surface area contributed by atoms with E-state index in [9.17, 15) is 4.79 Å². The van der Waals surface area contributed by atoms with Gasteiger partial charge in [-0.2, -0.15) is 0 Å². The van der Waals surface area contributed by atoms with Gasteiger partial charge in [0.2, 0.25) is 0 Å². The lowest BCUT2D eigenvalue weighted by Gasteiger charge is -2.05. The quantitative estimate of drug-likeness (QED) is 0.734. The summed E-state index contributed by atoms with van der Waals surface area (Å²) in [5, 5.41) is 0.596. The van der Waals surface area contributed by atoms with Gasteiger partial charge in [-0.25, -0.2) is 0 Å². The molecule has 0 aliphatic rings. The van der Waals surface area contributed by atoms with E-state index in [1.807, 2.05) is 42.5 Å². The number of halogens is 1. The van der Waals surface area contributed by atoms with E-state index in [-0.39, 0.29) is 0 Å². The van der Waals surface area contributed by atoms with Crippen molar-refractivity contribution in [1.29, 1.82) is 0 Å². The number of carbonyl (C=O) groups is 1. The Balaban J connectivity index is 2.31. The summed E-state index contributed by atoms with van der Waals surface area (Å²) >= 11 is 5.84. The fourth-order valence-corrected chi connectivity index (χ4v) is 1.83. The summed E-state index contributed by atoms with van der Waals surface area (Å²) in [5.41, 5.74) is 2.86. The molecule has 16 heavy (non-hydrogen) atoms. The largest absolute Gasteiger partial charge is 0.298 e. The van der Waals surface area contributed by atoms with Crippen molar-refractivity contribution in [3.05, 3.63) is 70.2 Å². The van der Waals surface area contributed by atoms with Crippen molar-refractivity contribution < 1.29 is 4.79 Å². The monoisotopic (exact) mass is 230 g/mol. The molecule has 0 saturated carbocycles. The molecule has 2 rings (SSSR count). The standard InChI is InChI=1S/C14H11ClO/c15-14-7-6-12(13(9-14)10-16)8-11-4-2-1-3-5-11/h1-7,9-10H,8H2. The van der Waals surface area contributed by atoms with Crippen LogP contribution in [0.4, 0.5) is 0 Å². The molecule has 0 radical (unpaired) electrons. The Bertz CT molecular complexity index is 491. The van der Waals surface area contributed by atoms with Crippen LogP contribution in [0.2, 0.25) is 5.02 Å². The highest BCUT2D eigenvalue weighted by atomic mass is 35.5. The van der Waals surface area contributed by atoms with E-state index < -0.39 is 0 Å². The molecule has 0 amide bonds. The molecule has 0 bridgehead atoms. The summed E-state index contributed by atoms with van der Waals surface area (Å²) in [6.07, 6.45) is 1.61. The lowest BCUT2D eigenvalue weighted by atomic mass is 10.0. The molecule has 2 aromatic carbocycles. The molecule has 0 fully saturated rings. The fourth-order valence-electron chi connectivity index (χ4n) is 1.65. The predicted molar refractivity (Wildman–Crippen MR) is 66.1 cm³/mol. The second-order valence-corrected chi connectivity index (χ2v) is 4.06. The van der Waals surface area contributed by atoms with Crippen molar-refractivity contribution >= 4 is 17.9 Å². The zero-order valence-corrected chi connectivity index (χ0v) is 9.45. The summed E-state index contributed by atoms with van der Waals surface area (Å²) in [6.45, 7) is 0. The van der Waals surface area contributed by atoms with Gasteiger partial charge in [-0.05, 0) is 29.7 Å². The van der Waals surface area contributed by atoms with Crippen molar-refractivity contribution in [3.8, 4) is 0 Å². The SMILES string of the molecule is O=Cc1cc(Cl)ccc1Cc1ccccc1. The minimum atomic E-state index is 0.596. The molecule has 0 aliphatic carbocycles. The van der Waals surface area contributed by atoms with E-state index in [1.54, 1.807) is 6.07 Å². The molecular weight excluding hydrogens is 220 g/mol. The lowest BCUT2D eigenvalue weighted by molar-refractivity contribution is 0.112. The zero-order valence-electron chi connectivity index (χ0n) is 8.69. The van der Waals surface area contributed by atoms with Crippen LogP contribution in [-0.4, -0.2) is 6.29 Å². The van der Waals surface area contributed by atoms with Gasteiger partial charge in [0.1, 0.15) is 6.29 Å². The summed E-state index contributed by atoms with van der Waals surface area (Å²) in [4.78, 5) is 10.9. The third-order valence-corrected chi connectivity index (χ3v) is 2.71. The van der Waals surface area contributed by atoms with E-state index >= 15 is 0 Å². The lowest BCUT2D eigenvalue weighted by Crippen LogP contribution is -1.94. The van der Waals surface area contributed by atoms with Crippen molar-refractivity contribution in [3.63, 3.8) is 0 Å². The number of aldehydes is 1. The maximum Gasteiger partial charge on any atom is 0.150 e. The molecule has 1 nitrogen and oxygen atoms in total. The first-order valence-corrected chi connectivity index (χ1v) is 5.45. The van der Waals surface area contributed by atoms with E-state index in [0.717, 1.165) is 18.3 Å². The minimum Gasteiger partial charge on any atom is -0.298 e. The van der Waals surface area contributed by atoms with Crippen LogP contribution in [0.1, 0.15) is 21.5 Å². The first-order valence-electron chi connectivity index (χ1n) is 5.07. The summed E-state index contributed by atoms with van der Waals surface area (Å²) in [7, 11) is 0. The Morgan fingerprint density at radius 1 is 1.06 bits per heavy atom. The maximum atomic E-state index is 10.9. The van der Waals surface area contributed by atoms with Crippen LogP contribution >= 0.6 is 11.6 Å². The van der Waals surface area contributed by atoms with Gasteiger partial charge in [-0.1, -0.05) is 48.0 Å². The maximum absolute atomic E-state index is 10.9. The Morgan fingerprint density at radius 3 is 2.50 bits per heavy atom. The van der Waals surface area contributed by atoms with Gasteiger partial charge >= 0.3 is 0 Å². The number of carbonyl (C=O) groups excluding carboxylic acids is 1. The molecule has 0 aliphatic heterocycles. The molecule has 0 N–H and O–H groups in total. The number of benzene rings is 2. The second-order valence-electron chi connectivity index (χ2n) is 3.62. The molecular formula is C14H11ClO. The van der Waals surface area contributed by atoms with Crippen LogP contribution in [0.3, 0.4) is 0 Å². The molecule has 0 aromatic heterocycles. The fraction of sp³-hybridized carbons (Fsp3) is 0.0714. The predicted octanol–water partition coefficient (Wildman–Crippen LogP) is 3.74. The topological polar surface area (TPSA) is 17.1 Å². The average molecular weight is 231 g/mol. The third kappa shape index (κ3) is 2.50. The Hall–Kier alpha value is -1.60. The number of hydrogen-bond acceptors (Lipinski definition) is 1. The van der Waals surface area contributed by atoms with E-state index in [1.165, 1.54) is 5.56 Å².